The molecule has 0 atom stereocenters. The molecule has 1 heterocycles. The van der Waals surface area contributed by atoms with Crippen LogP contribution in [0.2, 0.25) is 0 Å². The van der Waals surface area contributed by atoms with Crippen LogP contribution in [0.1, 0.15) is 11.3 Å². The summed E-state index contributed by atoms with van der Waals surface area (Å²) in [6.45, 7) is 0.192. The molecule has 1 nitrogen and oxygen atoms in total. The monoisotopic (exact) mass is 288 g/mol. The lowest BCUT2D eigenvalue weighted by Crippen LogP contribution is -2.43. The SMILES string of the molecule is FC(F)(F)c1ccc2ccccc2[n+]1Cc1ccccc1. The first-order valence-electron chi connectivity index (χ1n) is 6.58. The maximum atomic E-state index is 13.3. The maximum Gasteiger partial charge on any atom is 0.477 e. The van der Waals surface area contributed by atoms with E-state index in [1.807, 2.05) is 42.5 Å². The van der Waals surface area contributed by atoms with Crippen LogP contribution in [0.25, 0.3) is 10.9 Å². The Morgan fingerprint density at radius 2 is 1.43 bits per heavy atom. The van der Waals surface area contributed by atoms with E-state index in [4.69, 9.17) is 0 Å². The summed E-state index contributed by atoms with van der Waals surface area (Å²) in [5.74, 6) is 0. The van der Waals surface area contributed by atoms with Crippen molar-refractivity contribution in [3.05, 3.63) is 78.0 Å². The third-order valence-corrected chi connectivity index (χ3v) is 3.41. The van der Waals surface area contributed by atoms with Gasteiger partial charge in [0.15, 0.2) is 6.54 Å². The van der Waals surface area contributed by atoms with Crippen LogP contribution in [0.15, 0.2) is 66.7 Å². The Balaban J connectivity index is 2.21. The summed E-state index contributed by atoms with van der Waals surface area (Å²) in [6, 6.07) is 18.9. The number of benzene rings is 2. The van der Waals surface area contributed by atoms with Gasteiger partial charge in [-0.05, 0) is 12.1 Å². The lowest BCUT2D eigenvalue weighted by molar-refractivity contribution is -0.682. The molecule has 0 radical (unpaired) electrons. The van der Waals surface area contributed by atoms with Crippen LogP contribution < -0.4 is 4.57 Å². The zero-order valence-corrected chi connectivity index (χ0v) is 11.1. The highest BCUT2D eigenvalue weighted by Crippen LogP contribution is 2.28. The summed E-state index contributed by atoms with van der Waals surface area (Å²) in [7, 11) is 0. The molecule has 3 rings (SSSR count). The number of rotatable bonds is 2. The van der Waals surface area contributed by atoms with Gasteiger partial charge in [-0.15, -0.1) is 0 Å². The molecule has 3 aromatic rings. The van der Waals surface area contributed by atoms with Gasteiger partial charge in [0, 0.05) is 23.1 Å². The minimum Gasteiger partial charge on any atom is -0.183 e. The highest BCUT2D eigenvalue weighted by molar-refractivity contribution is 5.75. The third kappa shape index (κ3) is 2.75. The lowest BCUT2D eigenvalue weighted by Gasteiger charge is -2.09. The normalized spacial score (nSPS) is 11.8. The minimum atomic E-state index is -4.38. The summed E-state index contributed by atoms with van der Waals surface area (Å²) < 4.78 is 41.1. The Bertz CT molecular complexity index is 764. The Hall–Kier alpha value is -2.36. The van der Waals surface area contributed by atoms with Crippen LogP contribution in [-0.4, -0.2) is 0 Å². The highest BCUT2D eigenvalue weighted by Gasteiger charge is 2.41. The number of alkyl halides is 3. The molecule has 0 aliphatic carbocycles. The standard InChI is InChI=1S/C17H13F3N/c18-17(19,20)16-11-10-14-8-4-5-9-15(14)21(16)12-13-6-2-1-3-7-13/h1-11H,12H2/q+1. The van der Waals surface area contributed by atoms with Gasteiger partial charge in [-0.3, -0.25) is 0 Å². The molecule has 0 bridgehead atoms. The highest BCUT2D eigenvalue weighted by atomic mass is 19.4. The number of halogens is 3. The van der Waals surface area contributed by atoms with Crippen molar-refractivity contribution in [2.24, 2.45) is 0 Å². The molecule has 0 saturated heterocycles. The van der Waals surface area contributed by atoms with Crippen molar-refractivity contribution in [3.8, 4) is 0 Å². The number of pyridine rings is 1. The van der Waals surface area contributed by atoms with E-state index in [1.165, 1.54) is 10.6 Å². The minimum absolute atomic E-state index is 0.192. The molecule has 0 spiro atoms. The van der Waals surface area contributed by atoms with E-state index in [2.05, 4.69) is 0 Å². The molecule has 2 aromatic carbocycles. The molecule has 106 valence electrons. The van der Waals surface area contributed by atoms with Crippen molar-refractivity contribution in [2.75, 3.05) is 0 Å². The van der Waals surface area contributed by atoms with Crippen molar-refractivity contribution < 1.29 is 17.7 Å². The fourth-order valence-corrected chi connectivity index (χ4v) is 2.45. The van der Waals surface area contributed by atoms with Gasteiger partial charge < -0.3 is 0 Å². The van der Waals surface area contributed by atoms with Crippen LogP contribution in [0.3, 0.4) is 0 Å². The molecule has 0 amide bonds. The number of hydrogen-bond donors (Lipinski definition) is 0. The Labute approximate surface area is 120 Å². The quantitative estimate of drug-likeness (QED) is 0.622. The third-order valence-electron chi connectivity index (χ3n) is 3.41. The first-order valence-corrected chi connectivity index (χ1v) is 6.58. The average Bonchev–Trinajstić information content (AvgIpc) is 2.47. The molecular weight excluding hydrogens is 275 g/mol. The molecule has 0 aliphatic heterocycles. The Morgan fingerprint density at radius 1 is 0.762 bits per heavy atom. The molecule has 0 unspecified atom stereocenters. The number of fused-ring (bicyclic) bond motifs is 1. The second-order valence-electron chi connectivity index (χ2n) is 4.85. The van der Waals surface area contributed by atoms with Gasteiger partial charge in [-0.2, -0.15) is 17.7 Å². The van der Waals surface area contributed by atoms with E-state index in [0.29, 0.717) is 5.52 Å². The van der Waals surface area contributed by atoms with E-state index in [0.717, 1.165) is 17.0 Å². The molecule has 0 fully saturated rings. The van der Waals surface area contributed by atoms with Crippen LogP contribution in [0, 0.1) is 0 Å². The van der Waals surface area contributed by atoms with E-state index >= 15 is 0 Å². The van der Waals surface area contributed by atoms with Crippen LogP contribution in [-0.2, 0) is 12.7 Å². The molecule has 0 aliphatic rings. The summed E-state index contributed by atoms with van der Waals surface area (Å²) in [5, 5.41) is 0.793. The van der Waals surface area contributed by atoms with Crippen molar-refractivity contribution in [1.29, 1.82) is 0 Å². The van der Waals surface area contributed by atoms with E-state index < -0.39 is 11.9 Å². The van der Waals surface area contributed by atoms with E-state index in [9.17, 15) is 13.2 Å². The van der Waals surface area contributed by atoms with Gasteiger partial charge in [-0.1, -0.05) is 42.5 Å². The lowest BCUT2D eigenvalue weighted by atomic mass is 10.1. The molecule has 0 saturated carbocycles. The second kappa shape index (κ2) is 5.20. The predicted molar refractivity (Wildman–Crippen MR) is 74.7 cm³/mol. The van der Waals surface area contributed by atoms with E-state index in [-0.39, 0.29) is 6.54 Å². The largest absolute Gasteiger partial charge is 0.477 e. The molecule has 1 aromatic heterocycles. The van der Waals surface area contributed by atoms with Gasteiger partial charge >= 0.3 is 6.18 Å². The maximum absolute atomic E-state index is 13.3. The van der Waals surface area contributed by atoms with Gasteiger partial charge in [-0.25, -0.2) is 0 Å². The van der Waals surface area contributed by atoms with E-state index in [1.54, 1.807) is 12.1 Å². The number of nitrogens with zero attached hydrogens (tertiary/aromatic N) is 1. The number of aromatic nitrogens is 1. The molecule has 21 heavy (non-hydrogen) atoms. The second-order valence-corrected chi connectivity index (χ2v) is 4.85. The Morgan fingerprint density at radius 3 is 2.14 bits per heavy atom. The van der Waals surface area contributed by atoms with Crippen LogP contribution in [0.4, 0.5) is 13.2 Å². The zero-order valence-electron chi connectivity index (χ0n) is 11.1. The van der Waals surface area contributed by atoms with Crippen molar-refractivity contribution >= 4 is 10.9 Å². The van der Waals surface area contributed by atoms with Gasteiger partial charge in [0.25, 0.3) is 5.69 Å². The molecule has 0 N–H and O–H groups in total. The van der Waals surface area contributed by atoms with Crippen molar-refractivity contribution in [1.82, 2.24) is 0 Å². The smallest absolute Gasteiger partial charge is 0.183 e. The number of hydrogen-bond acceptors (Lipinski definition) is 0. The molecular formula is C17H13F3N+. The van der Waals surface area contributed by atoms with Gasteiger partial charge in [0.2, 0.25) is 5.52 Å². The topological polar surface area (TPSA) is 3.88 Å². The van der Waals surface area contributed by atoms with Crippen molar-refractivity contribution in [3.63, 3.8) is 0 Å². The summed E-state index contributed by atoms with van der Waals surface area (Å²) in [5.41, 5.74) is 0.783. The fraction of sp³-hybridized carbons (Fsp3) is 0.118. The summed E-state index contributed by atoms with van der Waals surface area (Å²) in [4.78, 5) is 0. The van der Waals surface area contributed by atoms with Gasteiger partial charge in [0.1, 0.15) is 0 Å². The van der Waals surface area contributed by atoms with Crippen molar-refractivity contribution in [2.45, 2.75) is 12.7 Å². The molecule has 4 heteroatoms. The average molecular weight is 288 g/mol. The van der Waals surface area contributed by atoms with Crippen LogP contribution >= 0.6 is 0 Å². The Kier molecular flexibility index (Phi) is 3.37. The summed E-state index contributed by atoms with van der Waals surface area (Å²) in [6.07, 6.45) is -4.38. The summed E-state index contributed by atoms with van der Waals surface area (Å²) >= 11 is 0. The fourth-order valence-electron chi connectivity index (χ4n) is 2.45. The van der Waals surface area contributed by atoms with Gasteiger partial charge in [0.05, 0.1) is 0 Å². The predicted octanol–water partition coefficient (Wildman–Crippen LogP) is 4.19. The first-order chi connectivity index (χ1) is 10.1. The van der Waals surface area contributed by atoms with Crippen LogP contribution in [0.5, 0.6) is 0 Å². The zero-order chi connectivity index (χ0) is 14.9. The first kappa shape index (κ1) is 13.6. The number of para-hydroxylation sites is 1.